The average molecular weight is 304 g/mol. The van der Waals surface area contributed by atoms with Crippen molar-refractivity contribution < 1.29 is 4.52 Å². The van der Waals surface area contributed by atoms with Crippen molar-refractivity contribution in [3.05, 3.63) is 48.4 Å². The zero-order valence-electron chi connectivity index (χ0n) is 12.0. The van der Waals surface area contributed by atoms with Gasteiger partial charge in [0.25, 0.3) is 0 Å². The molecule has 2 aromatic carbocycles. The number of hydrogen-bond donors (Lipinski definition) is 1. The molecule has 0 aliphatic rings. The molecule has 21 heavy (non-hydrogen) atoms. The Bertz CT molecular complexity index is 734. The first kappa shape index (κ1) is 15.5. The molecule has 0 fully saturated rings. The van der Waals surface area contributed by atoms with Crippen molar-refractivity contribution in [1.29, 1.82) is 0 Å². The molecule has 5 heteroatoms. The number of aromatic nitrogens is 2. The van der Waals surface area contributed by atoms with E-state index in [-0.39, 0.29) is 24.4 Å². The van der Waals surface area contributed by atoms with Gasteiger partial charge in [0.05, 0.1) is 5.92 Å². The summed E-state index contributed by atoms with van der Waals surface area (Å²) in [5, 5.41) is 6.38. The number of nitrogens with zero attached hydrogens (tertiary/aromatic N) is 2. The highest BCUT2D eigenvalue weighted by Gasteiger charge is 2.19. The Morgan fingerprint density at radius 1 is 1.05 bits per heavy atom. The molecule has 0 radical (unpaired) electrons. The molecular weight excluding hydrogens is 286 g/mol. The second kappa shape index (κ2) is 6.24. The van der Waals surface area contributed by atoms with E-state index in [9.17, 15) is 0 Å². The van der Waals surface area contributed by atoms with Crippen LogP contribution in [0.2, 0.25) is 0 Å². The summed E-state index contributed by atoms with van der Waals surface area (Å²) in [6, 6.07) is 14.2. The zero-order chi connectivity index (χ0) is 14.1. The van der Waals surface area contributed by atoms with Crippen molar-refractivity contribution in [2.75, 3.05) is 0 Å². The van der Waals surface area contributed by atoms with Crippen LogP contribution >= 0.6 is 12.4 Å². The third-order valence-electron chi connectivity index (χ3n) is 3.65. The van der Waals surface area contributed by atoms with Gasteiger partial charge in [-0.05, 0) is 17.7 Å². The topological polar surface area (TPSA) is 64.9 Å². The normalized spacial score (nSPS) is 13.7. The summed E-state index contributed by atoms with van der Waals surface area (Å²) in [7, 11) is 0. The quantitative estimate of drug-likeness (QED) is 0.800. The van der Waals surface area contributed by atoms with Gasteiger partial charge in [0.1, 0.15) is 0 Å². The van der Waals surface area contributed by atoms with E-state index in [1.54, 1.807) is 0 Å². The van der Waals surface area contributed by atoms with Crippen LogP contribution in [-0.2, 0) is 0 Å². The van der Waals surface area contributed by atoms with Crippen LogP contribution in [0.4, 0.5) is 0 Å². The standard InChI is InChI=1S/C16H17N3O.ClH/c1-10(11(2)17)16-18-15(19-20-16)14-9-5-7-12-6-3-4-8-13(12)14;/h3-11H,17H2,1-2H3;1H. The minimum Gasteiger partial charge on any atom is -0.339 e. The molecule has 0 aliphatic carbocycles. The predicted molar refractivity (Wildman–Crippen MR) is 86.6 cm³/mol. The average Bonchev–Trinajstić information content (AvgIpc) is 2.95. The fourth-order valence-corrected chi connectivity index (χ4v) is 2.17. The first-order valence-electron chi connectivity index (χ1n) is 6.74. The highest BCUT2D eigenvalue weighted by Crippen LogP contribution is 2.27. The Kier molecular flexibility index (Phi) is 4.60. The summed E-state index contributed by atoms with van der Waals surface area (Å²) >= 11 is 0. The molecular formula is C16H18ClN3O. The first-order valence-corrected chi connectivity index (χ1v) is 6.74. The lowest BCUT2D eigenvalue weighted by Crippen LogP contribution is -2.22. The Balaban J connectivity index is 0.00000161. The van der Waals surface area contributed by atoms with E-state index in [1.807, 2.05) is 38.1 Å². The van der Waals surface area contributed by atoms with Gasteiger partial charge < -0.3 is 10.3 Å². The van der Waals surface area contributed by atoms with Gasteiger partial charge in [0.15, 0.2) is 0 Å². The Morgan fingerprint density at radius 3 is 2.52 bits per heavy atom. The van der Waals surface area contributed by atoms with E-state index in [0.29, 0.717) is 11.7 Å². The SMILES string of the molecule is CC(N)C(C)c1nc(-c2cccc3ccccc23)no1.Cl. The van der Waals surface area contributed by atoms with Gasteiger partial charge in [0.2, 0.25) is 11.7 Å². The molecule has 4 nitrogen and oxygen atoms in total. The number of benzene rings is 2. The monoisotopic (exact) mass is 303 g/mol. The molecule has 0 bridgehead atoms. The number of halogens is 1. The first-order chi connectivity index (χ1) is 9.66. The van der Waals surface area contributed by atoms with Gasteiger partial charge in [-0.1, -0.05) is 54.5 Å². The molecule has 1 heterocycles. The van der Waals surface area contributed by atoms with Crippen LogP contribution in [0, 0.1) is 0 Å². The molecule has 0 aliphatic heterocycles. The number of hydrogen-bond acceptors (Lipinski definition) is 4. The minimum absolute atomic E-state index is 0. The molecule has 0 amide bonds. The van der Waals surface area contributed by atoms with Crippen molar-refractivity contribution in [2.45, 2.75) is 25.8 Å². The third-order valence-corrected chi connectivity index (χ3v) is 3.65. The molecule has 1 aromatic heterocycles. The summed E-state index contributed by atoms with van der Waals surface area (Å²) in [6.45, 7) is 3.93. The lowest BCUT2D eigenvalue weighted by atomic mass is 10.0. The maximum Gasteiger partial charge on any atom is 0.231 e. The number of fused-ring (bicyclic) bond motifs is 1. The molecule has 2 N–H and O–H groups in total. The maximum atomic E-state index is 5.88. The van der Waals surface area contributed by atoms with Crippen molar-refractivity contribution in [3.63, 3.8) is 0 Å². The fourth-order valence-electron chi connectivity index (χ4n) is 2.17. The van der Waals surface area contributed by atoms with E-state index in [2.05, 4.69) is 28.3 Å². The van der Waals surface area contributed by atoms with Crippen LogP contribution in [0.5, 0.6) is 0 Å². The highest BCUT2D eigenvalue weighted by atomic mass is 35.5. The van der Waals surface area contributed by atoms with Crippen molar-refractivity contribution in [1.82, 2.24) is 10.1 Å². The van der Waals surface area contributed by atoms with Crippen molar-refractivity contribution >= 4 is 23.2 Å². The van der Waals surface area contributed by atoms with Gasteiger partial charge in [0, 0.05) is 11.6 Å². The van der Waals surface area contributed by atoms with Crippen LogP contribution in [0.3, 0.4) is 0 Å². The van der Waals surface area contributed by atoms with E-state index in [4.69, 9.17) is 10.3 Å². The third kappa shape index (κ3) is 2.91. The van der Waals surface area contributed by atoms with Gasteiger partial charge >= 0.3 is 0 Å². The van der Waals surface area contributed by atoms with Crippen LogP contribution < -0.4 is 5.73 Å². The van der Waals surface area contributed by atoms with E-state index in [1.165, 1.54) is 0 Å². The smallest absolute Gasteiger partial charge is 0.231 e. The second-order valence-electron chi connectivity index (χ2n) is 5.13. The van der Waals surface area contributed by atoms with Crippen LogP contribution in [-0.4, -0.2) is 16.2 Å². The number of nitrogens with two attached hydrogens (primary N) is 1. The second-order valence-corrected chi connectivity index (χ2v) is 5.13. The molecule has 2 unspecified atom stereocenters. The van der Waals surface area contributed by atoms with Crippen molar-refractivity contribution in [3.8, 4) is 11.4 Å². The molecule has 0 saturated carbocycles. The Morgan fingerprint density at radius 2 is 1.76 bits per heavy atom. The zero-order valence-corrected chi connectivity index (χ0v) is 12.8. The predicted octanol–water partition coefficient (Wildman–Crippen LogP) is 3.76. The lowest BCUT2D eigenvalue weighted by molar-refractivity contribution is 0.347. The molecule has 110 valence electrons. The number of rotatable bonds is 3. The molecule has 3 rings (SSSR count). The summed E-state index contributed by atoms with van der Waals surface area (Å²) in [5.41, 5.74) is 6.86. The van der Waals surface area contributed by atoms with Crippen LogP contribution in [0.25, 0.3) is 22.2 Å². The summed E-state index contributed by atoms with van der Waals surface area (Å²) < 4.78 is 5.35. The van der Waals surface area contributed by atoms with Gasteiger partial charge in [-0.15, -0.1) is 12.4 Å². The highest BCUT2D eigenvalue weighted by molar-refractivity contribution is 5.94. The van der Waals surface area contributed by atoms with Gasteiger partial charge in [-0.25, -0.2) is 0 Å². The Labute approximate surface area is 129 Å². The lowest BCUT2D eigenvalue weighted by Gasteiger charge is -2.09. The minimum atomic E-state index is -0.0178. The Hall–Kier alpha value is -1.91. The summed E-state index contributed by atoms with van der Waals surface area (Å²) in [6.07, 6.45) is 0. The maximum absolute atomic E-state index is 5.88. The van der Waals surface area contributed by atoms with E-state index < -0.39 is 0 Å². The molecule has 0 saturated heterocycles. The molecule has 0 spiro atoms. The van der Waals surface area contributed by atoms with Gasteiger partial charge in [-0.2, -0.15) is 4.98 Å². The van der Waals surface area contributed by atoms with E-state index >= 15 is 0 Å². The summed E-state index contributed by atoms with van der Waals surface area (Å²) in [5.74, 6) is 1.25. The van der Waals surface area contributed by atoms with Crippen LogP contribution in [0.15, 0.2) is 47.0 Å². The van der Waals surface area contributed by atoms with Crippen molar-refractivity contribution in [2.24, 2.45) is 5.73 Å². The fraction of sp³-hybridized carbons (Fsp3) is 0.250. The van der Waals surface area contributed by atoms with Crippen LogP contribution in [0.1, 0.15) is 25.7 Å². The summed E-state index contributed by atoms with van der Waals surface area (Å²) in [4.78, 5) is 4.49. The molecule has 3 aromatic rings. The van der Waals surface area contributed by atoms with Gasteiger partial charge in [-0.3, -0.25) is 0 Å². The van der Waals surface area contributed by atoms with E-state index in [0.717, 1.165) is 16.3 Å². The largest absolute Gasteiger partial charge is 0.339 e. The molecule has 2 atom stereocenters.